The zero-order valence-corrected chi connectivity index (χ0v) is 25.5. The SMILES string of the molecule is CCN(CC)CCCNC1(C)N=C(C2=C(C)[C@H](C)C(Nc3ccccc3)=C2)c2ccc(=O)n(-c3c(F)cccc3F)c2N1. The molecule has 0 saturated carbocycles. The molecule has 1 aliphatic heterocycles. The summed E-state index contributed by atoms with van der Waals surface area (Å²) in [5, 5.41) is 10.4. The van der Waals surface area contributed by atoms with Gasteiger partial charge in [0.2, 0.25) is 0 Å². The molecular weight excluding hydrogens is 546 g/mol. The number of nitrogens with one attached hydrogen (secondary N) is 3. The highest BCUT2D eigenvalue weighted by atomic mass is 19.1. The van der Waals surface area contributed by atoms with E-state index < -0.39 is 28.7 Å². The maximum Gasteiger partial charge on any atom is 0.256 e. The van der Waals surface area contributed by atoms with Crippen molar-refractivity contribution in [1.82, 2.24) is 14.8 Å². The third kappa shape index (κ3) is 6.19. The summed E-state index contributed by atoms with van der Waals surface area (Å²) in [6, 6.07) is 16.6. The molecule has 226 valence electrons. The predicted octanol–water partition coefficient (Wildman–Crippen LogP) is 6.29. The van der Waals surface area contributed by atoms with Crippen LogP contribution in [0.3, 0.4) is 0 Å². The van der Waals surface area contributed by atoms with Crippen LogP contribution in [0, 0.1) is 17.6 Å². The number of nitrogens with zero attached hydrogens (tertiary/aromatic N) is 3. The van der Waals surface area contributed by atoms with Crippen LogP contribution in [0.5, 0.6) is 0 Å². The van der Waals surface area contributed by atoms with Crippen molar-refractivity contribution in [1.29, 1.82) is 0 Å². The first-order valence-electron chi connectivity index (χ1n) is 15.0. The van der Waals surface area contributed by atoms with E-state index in [1.807, 2.05) is 37.3 Å². The molecule has 3 N–H and O–H groups in total. The maximum absolute atomic E-state index is 15.1. The molecule has 2 aromatic carbocycles. The molecule has 43 heavy (non-hydrogen) atoms. The highest BCUT2D eigenvalue weighted by Gasteiger charge is 2.36. The summed E-state index contributed by atoms with van der Waals surface area (Å²) < 4.78 is 31.4. The van der Waals surface area contributed by atoms with E-state index in [0.29, 0.717) is 17.8 Å². The highest BCUT2D eigenvalue weighted by molar-refractivity contribution is 6.19. The Morgan fingerprint density at radius 3 is 2.40 bits per heavy atom. The van der Waals surface area contributed by atoms with E-state index in [4.69, 9.17) is 4.99 Å². The van der Waals surface area contributed by atoms with Gasteiger partial charge in [-0.3, -0.25) is 14.7 Å². The van der Waals surface area contributed by atoms with Gasteiger partial charge in [-0.05, 0) is 76.3 Å². The Balaban J connectivity index is 1.61. The van der Waals surface area contributed by atoms with Gasteiger partial charge in [0.15, 0.2) is 5.79 Å². The number of aromatic nitrogens is 1. The van der Waals surface area contributed by atoms with Crippen LogP contribution in [-0.2, 0) is 0 Å². The molecule has 0 bridgehead atoms. The van der Waals surface area contributed by atoms with Crippen LogP contribution >= 0.6 is 0 Å². The first-order chi connectivity index (χ1) is 20.7. The van der Waals surface area contributed by atoms with Gasteiger partial charge in [0.25, 0.3) is 5.56 Å². The second-order valence-electron chi connectivity index (χ2n) is 11.2. The van der Waals surface area contributed by atoms with E-state index in [1.165, 1.54) is 12.1 Å². The van der Waals surface area contributed by atoms with Crippen molar-refractivity contribution in [3.8, 4) is 5.69 Å². The summed E-state index contributed by atoms with van der Waals surface area (Å²) in [6.07, 6.45) is 2.96. The number of benzene rings is 2. The average molecular weight is 587 g/mol. The Morgan fingerprint density at radius 1 is 1.02 bits per heavy atom. The Kier molecular flexibility index (Phi) is 8.94. The van der Waals surface area contributed by atoms with Gasteiger partial charge >= 0.3 is 0 Å². The number of hydrogen-bond donors (Lipinski definition) is 3. The van der Waals surface area contributed by atoms with Gasteiger partial charge in [-0.25, -0.2) is 13.8 Å². The van der Waals surface area contributed by atoms with Crippen LogP contribution in [0.15, 0.2) is 93.4 Å². The van der Waals surface area contributed by atoms with Crippen molar-refractivity contribution in [2.45, 2.75) is 46.8 Å². The standard InChI is InChI=1S/C34H40F2N6O/c1-6-41(7-2)20-12-19-37-34(5)39-31(26-21-29(23(4)22(26)3)38-24-13-9-8-10-14-24)25-17-18-30(43)42(33(25)40-34)32-27(35)15-11-16-28(32)36/h8-11,13-18,21,23,37-38,40H,6-7,12,19-20H2,1-5H3/t23-,34?/m0/s1. The van der Waals surface area contributed by atoms with Crippen LogP contribution in [0.1, 0.15) is 46.6 Å². The topological polar surface area (TPSA) is 73.7 Å². The molecule has 7 nitrogen and oxygen atoms in total. The first kappa shape index (κ1) is 30.4. The van der Waals surface area contributed by atoms with E-state index in [1.54, 1.807) is 6.07 Å². The van der Waals surface area contributed by atoms with E-state index in [9.17, 15) is 4.79 Å². The van der Waals surface area contributed by atoms with Gasteiger partial charge < -0.3 is 15.5 Å². The molecule has 0 saturated heterocycles. The molecule has 2 aliphatic rings. The summed E-state index contributed by atoms with van der Waals surface area (Å²) in [5.74, 6) is -2.34. The lowest BCUT2D eigenvalue weighted by Crippen LogP contribution is -2.52. The van der Waals surface area contributed by atoms with E-state index in [2.05, 4.69) is 54.6 Å². The lowest BCUT2D eigenvalue weighted by Gasteiger charge is -2.36. The number of anilines is 2. The van der Waals surface area contributed by atoms with E-state index in [-0.39, 0.29) is 11.7 Å². The van der Waals surface area contributed by atoms with E-state index >= 15 is 8.78 Å². The third-order valence-electron chi connectivity index (χ3n) is 8.38. The summed E-state index contributed by atoms with van der Waals surface area (Å²) in [7, 11) is 0. The molecule has 0 amide bonds. The zero-order valence-electron chi connectivity index (χ0n) is 25.5. The number of rotatable bonds is 11. The summed E-state index contributed by atoms with van der Waals surface area (Å²) in [6.45, 7) is 13.9. The quantitative estimate of drug-likeness (QED) is 0.231. The van der Waals surface area contributed by atoms with Gasteiger partial charge in [-0.15, -0.1) is 0 Å². The van der Waals surface area contributed by atoms with Crippen LogP contribution in [0.2, 0.25) is 0 Å². The van der Waals surface area contributed by atoms with Crippen molar-refractivity contribution in [2.75, 3.05) is 36.8 Å². The number of hydrogen-bond acceptors (Lipinski definition) is 6. The minimum absolute atomic E-state index is 0.0828. The number of halogens is 2. The van der Waals surface area contributed by atoms with Crippen molar-refractivity contribution in [3.05, 3.63) is 111 Å². The summed E-state index contributed by atoms with van der Waals surface area (Å²) >= 11 is 0. The maximum atomic E-state index is 15.1. The van der Waals surface area contributed by atoms with Gasteiger partial charge in [0.1, 0.15) is 23.1 Å². The molecule has 0 fully saturated rings. The fraction of sp³-hybridized carbons (Fsp3) is 0.353. The van der Waals surface area contributed by atoms with Crippen LogP contribution in [0.25, 0.3) is 5.69 Å². The number of para-hydroxylation sites is 2. The molecule has 2 heterocycles. The van der Waals surface area contributed by atoms with Crippen molar-refractivity contribution in [2.24, 2.45) is 10.9 Å². The monoisotopic (exact) mass is 586 g/mol. The van der Waals surface area contributed by atoms with Crippen molar-refractivity contribution >= 4 is 17.2 Å². The van der Waals surface area contributed by atoms with Gasteiger partial charge in [0.05, 0.1) is 5.71 Å². The Morgan fingerprint density at radius 2 is 1.72 bits per heavy atom. The summed E-state index contributed by atoms with van der Waals surface area (Å²) in [4.78, 5) is 20.8. The van der Waals surface area contributed by atoms with Crippen LogP contribution < -0.4 is 21.5 Å². The highest BCUT2D eigenvalue weighted by Crippen LogP contribution is 2.38. The van der Waals surface area contributed by atoms with E-state index in [0.717, 1.165) is 65.3 Å². The predicted molar refractivity (Wildman–Crippen MR) is 171 cm³/mol. The Hall–Kier alpha value is -4.08. The molecule has 1 aromatic heterocycles. The van der Waals surface area contributed by atoms with Crippen LogP contribution in [-0.4, -0.2) is 47.1 Å². The van der Waals surface area contributed by atoms with Gasteiger partial charge in [-0.2, -0.15) is 0 Å². The molecule has 1 aliphatic carbocycles. The smallest absolute Gasteiger partial charge is 0.256 e. The lowest BCUT2D eigenvalue weighted by molar-refractivity contribution is 0.290. The second kappa shape index (κ2) is 12.7. The molecule has 0 radical (unpaired) electrons. The Labute approximate surface area is 252 Å². The normalized spacial score (nSPS) is 19.7. The number of aliphatic imine (C=N–C) groups is 1. The number of fused-ring (bicyclic) bond motifs is 1. The average Bonchev–Trinajstić information content (AvgIpc) is 3.26. The molecule has 3 aromatic rings. The minimum Gasteiger partial charge on any atom is -0.358 e. The number of pyridine rings is 1. The van der Waals surface area contributed by atoms with Crippen molar-refractivity contribution < 1.29 is 8.78 Å². The minimum atomic E-state index is -1.05. The molecule has 9 heteroatoms. The Bertz CT molecular complexity index is 1620. The molecule has 0 spiro atoms. The molecule has 2 atom stereocenters. The third-order valence-corrected chi connectivity index (χ3v) is 8.38. The first-order valence-corrected chi connectivity index (χ1v) is 15.0. The molecule has 1 unspecified atom stereocenters. The van der Waals surface area contributed by atoms with Gasteiger partial charge in [0, 0.05) is 41.1 Å². The van der Waals surface area contributed by atoms with Crippen LogP contribution in [0.4, 0.5) is 20.3 Å². The second-order valence-corrected chi connectivity index (χ2v) is 11.2. The number of allylic oxidation sites excluding steroid dienone is 3. The fourth-order valence-corrected chi connectivity index (χ4v) is 5.73. The molecular formula is C34H40F2N6O. The lowest BCUT2D eigenvalue weighted by atomic mass is 9.95. The largest absolute Gasteiger partial charge is 0.358 e. The van der Waals surface area contributed by atoms with Gasteiger partial charge in [-0.1, -0.05) is 50.6 Å². The molecule has 5 rings (SSSR count). The fourth-order valence-electron chi connectivity index (χ4n) is 5.73. The summed E-state index contributed by atoms with van der Waals surface area (Å²) in [5.41, 5.74) is 4.26. The van der Waals surface area contributed by atoms with Crippen molar-refractivity contribution in [3.63, 3.8) is 0 Å². The zero-order chi connectivity index (χ0) is 30.7.